The number of quaternary nitrogens is 1. The first-order chi connectivity index (χ1) is 14.3. The van der Waals surface area contributed by atoms with Gasteiger partial charge < -0.3 is 27.2 Å². The van der Waals surface area contributed by atoms with Crippen LogP contribution in [0.5, 0.6) is 0 Å². The minimum atomic E-state index is -0.0555. The van der Waals surface area contributed by atoms with E-state index in [1.807, 2.05) is 0 Å². The third-order valence-corrected chi connectivity index (χ3v) is 6.15. The second kappa shape index (κ2) is 29.2. The lowest BCUT2D eigenvalue weighted by Crippen LogP contribution is -3.00. The maximum absolute atomic E-state index is 5.19. The van der Waals surface area contributed by atoms with Gasteiger partial charge in [-0.2, -0.15) is 0 Å². The Morgan fingerprint density at radius 1 is 0.500 bits per heavy atom. The summed E-state index contributed by atoms with van der Waals surface area (Å²) >= 11 is 0. The van der Waals surface area contributed by atoms with Gasteiger partial charge >= 0.3 is 0 Å². The SMILES string of the molecule is CCCCCCCCCCCCCCCCCCCCCC[NH2+]CC(OC)OC.[Cl-]. The second-order valence-corrected chi connectivity index (χ2v) is 8.93. The number of hydrogen-bond acceptors (Lipinski definition) is 2. The second-order valence-electron chi connectivity index (χ2n) is 8.93. The van der Waals surface area contributed by atoms with Crippen molar-refractivity contribution >= 4 is 0 Å². The monoisotopic (exact) mass is 449 g/mol. The molecule has 0 bridgehead atoms. The van der Waals surface area contributed by atoms with E-state index in [9.17, 15) is 0 Å². The molecule has 0 spiro atoms. The molecule has 0 aromatic carbocycles. The molecule has 0 radical (unpaired) electrons. The molecule has 0 saturated heterocycles. The highest BCUT2D eigenvalue weighted by Gasteiger charge is 2.05. The average molecular weight is 450 g/mol. The fourth-order valence-corrected chi connectivity index (χ4v) is 4.09. The largest absolute Gasteiger partial charge is 1.00 e. The molecule has 0 aliphatic heterocycles. The molecule has 0 atom stereocenters. The van der Waals surface area contributed by atoms with Crippen LogP contribution in [0.25, 0.3) is 0 Å². The zero-order chi connectivity index (χ0) is 21.3. The molecular weight excluding hydrogens is 394 g/mol. The van der Waals surface area contributed by atoms with E-state index in [0.29, 0.717) is 0 Å². The zero-order valence-electron chi connectivity index (χ0n) is 20.9. The van der Waals surface area contributed by atoms with Crippen molar-refractivity contribution in [1.29, 1.82) is 0 Å². The molecule has 4 heteroatoms. The summed E-state index contributed by atoms with van der Waals surface area (Å²) in [5.41, 5.74) is 0. The number of unbranched alkanes of at least 4 members (excludes halogenated alkanes) is 19. The van der Waals surface area contributed by atoms with Gasteiger partial charge in [0.2, 0.25) is 6.29 Å². The van der Waals surface area contributed by atoms with Crippen molar-refractivity contribution in [2.75, 3.05) is 27.3 Å². The maximum atomic E-state index is 5.19. The first-order valence-corrected chi connectivity index (χ1v) is 13.2. The highest BCUT2D eigenvalue weighted by Crippen LogP contribution is 2.14. The number of methoxy groups -OCH3 is 2. The van der Waals surface area contributed by atoms with Crippen LogP contribution < -0.4 is 17.7 Å². The average Bonchev–Trinajstić information content (AvgIpc) is 2.74. The van der Waals surface area contributed by atoms with Crippen LogP contribution in [-0.4, -0.2) is 33.6 Å². The van der Waals surface area contributed by atoms with Crippen molar-refractivity contribution in [3.05, 3.63) is 0 Å². The minimum Gasteiger partial charge on any atom is -1.00 e. The smallest absolute Gasteiger partial charge is 0.206 e. The van der Waals surface area contributed by atoms with Crippen molar-refractivity contribution in [2.45, 2.75) is 142 Å². The van der Waals surface area contributed by atoms with E-state index >= 15 is 0 Å². The van der Waals surface area contributed by atoms with E-state index in [0.717, 1.165) is 6.54 Å². The summed E-state index contributed by atoms with van der Waals surface area (Å²) in [6.07, 6.45) is 28.8. The molecule has 0 heterocycles. The summed E-state index contributed by atoms with van der Waals surface area (Å²) in [6.45, 7) is 4.40. The van der Waals surface area contributed by atoms with Gasteiger partial charge in [0.25, 0.3) is 0 Å². The Morgan fingerprint density at radius 2 is 0.800 bits per heavy atom. The maximum Gasteiger partial charge on any atom is 0.206 e. The Labute approximate surface area is 196 Å². The van der Waals surface area contributed by atoms with Crippen molar-refractivity contribution in [3.63, 3.8) is 0 Å². The molecule has 0 unspecified atom stereocenters. The first-order valence-electron chi connectivity index (χ1n) is 13.2. The Morgan fingerprint density at radius 3 is 1.10 bits per heavy atom. The summed E-state index contributed by atoms with van der Waals surface area (Å²) in [7, 11) is 3.42. The number of ether oxygens (including phenoxy) is 2. The summed E-state index contributed by atoms with van der Waals surface area (Å²) < 4.78 is 10.4. The summed E-state index contributed by atoms with van der Waals surface area (Å²) in [6, 6.07) is 0. The molecular formula is C26H56ClNO2. The highest BCUT2D eigenvalue weighted by atomic mass is 35.5. The number of rotatable bonds is 25. The quantitative estimate of drug-likeness (QED) is 0.169. The van der Waals surface area contributed by atoms with Gasteiger partial charge in [-0.1, -0.05) is 122 Å². The molecule has 0 aromatic rings. The predicted octanol–water partition coefficient (Wildman–Crippen LogP) is 3.99. The van der Waals surface area contributed by atoms with Gasteiger partial charge in [-0.05, 0) is 12.8 Å². The molecule has 0 rings (SSSR count). The van der Waals surface area contributed by atoms with Gasteiger partial charge in [0.1, 0.15) is 6.54 Å². The molecule has 3 nitrogen and oxygen atoms in total. The number of hydrogen-bond donors (Lipinski definition) is 1. The first kappa shape index (κ1) is 32.4. The van der Waals surface area contributed by atoms with Crippen LogP contribution in [0, 0.1) is 0 Å². The van der Waals surface area contributed by atoms with Crippen LogP contribution in [0.4, 0.5) is 0 Å². The van der Waals surface area contributed by atoms with E-state index < -0.39 is 0 Å². The van der Waals surface area contributed by atoms with Gasteiger partial charge in [0.05, 0.1) is 6.54 Å². The fraction of sp³-hybridized carbons (Fsp3) is 1.00. The summed E-state index contributed by atoms with van der Waals surface area (Å²) in [4.78, 5) is 0. The summed E-state index contributed by atoms with van der Waals surface area (Å²) in [5.74, 6) is 0. The number of nitrogens with two attached hydrogens (primary N) is 1. The Balaban J connectivity index is 0. The van der Waals surface area contributed by atoms with Crippen molar-refractivity contribution < 1.29 is 27.2 Å². The highest BCUT2D eigenvalue weighted by molar-refractivity contribution is 4.50. The van der Waals surface area contributed by atoms with Gasteiger partial charge in [-0.3, -0.25) is 0 Å². The third-order valence-electron chi connectivity index (χ3n) is 6.15. The topological polar surface area (TPSA) is 35.1 Å². The molecule has 0 aliphatic rings. The standard InChI is InChI=1S/C26H55NO2.ClH/c1-4-5-6-7-8-9-10-11-12-13-14-15-16-17-18-19-20-21-22-23-24-27-25-26(28-2)29-3;/h26-27H,4-25H2,1-3H3;1H. The lowest BCUT2D eigenvalue weighted by Gasteiger charge is -2.11. The molecule has 0 amide bonds. The predicted molar refractivity (Wildman–Crippen MR) is 127 cm³/mol. The molecule has 0 aliphatic carbocycles. The lowest BCUT2D eigenvalue weighted by atomic mass is 10.0. The van der Waals surface area contributed by atoms with E-state index in [4.69, 9.17) is 9.47 Å². The van der Waals surface area contributed by atoms with Crippen molar-refractivity contribution in [3.8, 4) is 0 Å². The fourth-order valence-electron chi connectivity index (χ4n) is 4.09. The molecule has 184 valence electrons. The van der Waals surface area contributed by atoms with E-state index in [1.54, 1.807) is 14.2 Å². The van der Waals surface area contributed by atoms with Gasteiger partial charge in [0, 0.05) is 14.2 Å². The van der Waals surface area contributed by atoms with Crippen LogP contribution in [0.2, 0.25) is 0 Å². The van der Waals surface area contributed by atoms with Crippen LogP contribution in [0.15, 0.2) is 0 Å². The van der Waals surface area contributed by atoms with E-state index in [1.165, 1.54) is 135 Å². The normalized spacial score (nSPS) is 11.2. The molecule has 0 fully saturated rings. The van der Waals surface area contributed by atoms with Crippen LogP contribution in [0.1, 0.15) is 135 Å². The molecule has 2 N–H and O–H groups in total. The van der Waals surface area contributed by atoms with Crippen LogP contribution in [-0.2, 0) is 9.47 Å². The Kier molecular flexibility index (Phi) is 31.5. The van der Waals surface area contributed by atoms with Gasteiger partial charge in [0.15, 0.2) is 0 Å². The van der Waals surface area contributed by atoms with Crippen molar-refractivity contribution in [2.24, 2.45) is 0 Å². The molecule has 0 aromatic heterocycles. The van der Waals surface area contributed by atoms with Gasteiger partial charge in [-0.15, -0.1) is 0 Å². The molecule has 30 heavy (non-hydrogen) atoms. The zero-order valence-corrected chi connectivity index (χ0v) is 21.7. The Hall–Kier alpha value is 0.170. The van der Waals surface area contributed by atoms with Crippen LogP contribution in [0.3, 0.4) is 0 Å². The van der Waals surface area contributed by atoms with E-state index in [-0.39, 0.29) is 18.7 Å². The Bertz CT molecular complexity index is 288. The molecule has 0 saturated carbocycles. The van der Waals surface area contributed by atoms with Gasteiger partial charge in [-0.25, -0.2) is 0 Å². The number of halogens is 1. The van der Waals surface area contributed by atoms with Crippen LogP contribution >= 0.6 is 0 Å². The van der Waals surface area contributed by atoms with E-state index in [2.05, 4.69) is 12.2 Å². The lowest BCUT2D eigenvalue weighted by molar-refractivity contribution is -0.667. The minimum absolute atomic E-state index is 0. The third kappa shape index (κ3) is 26.2. The summed E-state index contributed by atoms with van der Waals surface area (Å²) in [5, 5.41) is 2.31. The van der Waals surface area contributed by atoms with Crippen molar-refractivity contribution in [1.82, 2.24) is 0 Å².